The Kier molecular flexibility index (Phi) is 3.52. The Morgan fingerprint density at radius 1 is 1.46 bits per heavy atom. The van der Waals surface area contributed by atoms with Crippen molar-refractivity contribution in [2.45, 2.75) is 18.9 Å². The first kappa shape index (κ1) is 9.81. The zero-order chi connectivity index (χ0) is 9.10. The molecule has 0 radical (unpaired) electrons. The van der Waals surface area contributed by atoms with Crippen molar-refractivity contribution in [1.29, 1.82) is 0 Å². The maximum atomic E-state index is 3.64. The van der Waals surface area contributed by atoms with Crippen LogP contribution in [0.1, 0.15) is 12.8 Å². The fourth-order valence-corrected chi connectivity index (χ4v) is 2.52. The average molecular weight is 200 g/mol. The summed E-state index contributed by atoms with van der Waals surface area (Å²) in [5.74, 6) is 2.30. The molecule has 1 aliphatic heterocycles. The number of thioether (sulfide) groups is 1. The molecule has 0 aromatic rings. The van der Waals surface area contributed by atoms with Crippen molar-refractivity contribution in [3.8, 4) is 0 Å². The Balaban J connectivity index is 1.71. The summed E-state index contributed by atoms with van der Waals surface area (Å²) in [6, 6.07) is 0.815. The van der Waals surface area contributed by atoms with Gasteiger partial charge in [0.15, 0.2) is 0 Å². The number of nitrogens with zero attached hydrogens (tertiary/aromatic N) is 1. The Hall–Kier alpha value is 0.270. The number of piperazine rings is 1. The average Bonchev–Trinajstić information content (AvgIpc) is 2.98. The standard InChI is InChI=1S/C10H20N2S/c1-13-7-6-12-5-4-11-10(8-12)9-2-3-9/h9-11H,2-8H2,1H3. The molecule has 1 atom stereocenters. The van der Waals surface area contributed by atoms with E-state index < -0.39 is 0 Å². The Labute approximate surface area is 85.4 Å². The van der Waals surface area contributed by atoms with E-state index in [0.717, 1.165) is 12.0 Å². The predicted octanol–water partition coefficient (Wildman–Crippen LogP) is 1.03. The Bertz CT molecular complexity index is 159. The molecule has 0 bridgehead atoms. The Morgan fingerprint density at radius 2 is 2.31 bits per heavy atom. The van der Waals surface area contributed by atoms with Crippen LogP contribution in [0.5, 0.6) is 0 Å². The fraction of sp³-hybridized carbons (Fsp3) is 1.00. The summed E-state index contributed by atoms with van der Waals surface area (Å²) >= 11 is 1.96. The van der Waals surface area contributed by atoms with Gasteiger partial charge in [0.05, 0.1) is 0 Å². The highest BCUT2D eigenvalue weighted by Crippen LogP contribution is 2.33. The molecule has 1 saturated heterocycles. The number of hydrogen-bond acceptors (Lipinski definition) is 3. The molecule has 13 heavy (non-hydrogen) atoms. The maximum Gasteiger partial charge on any atom is 0.0223 e. The summed E-state index contributed by atoms with van der Waals surface area (Å²) < 4.78 is 0. The largest absolute Gasteiger partial charge is 0.311 e. The van der Waals surface area contributed by atoms with Crippen molar-refractivity contribution in [1.82, 2.24) is 10.2 Å². The highest BCUT2D eigenvalue weighted by Gasteiger charge is 2.33. The van der Waals surface area contributed by atoms with Crippen molar-refractivity contribution < 1.29 is 0 Å². The van der Waals surface area contributed by atoms with Gasteiger partial charge in [-0.3, -0.25) is 4.90 Å². The van der Waals surface area contributed by atoms with Crippen LogP contribution in [0.2, 0.25) is 0 Å². The van der Waals surface area contributed by atoms with E-state index in [4.69, 9.17) is 0 Å². The van der Waals surface area contributed by atoms with Crippen molar-refractivity contribution in [2.24, 2.45) is 5.92 Å². The summed E-state index contributed by atoms with van der Waals surface area (Å²) in [6.07, 6.45) is 5.13. The third-order valence-corrected chi connectivity index (χ3v) is 3.68. The molecule has 0 aromatic heterocycles. The summed E-state index contributed by atoms with van der Waals surface area (Å²) in [7, 11) is 0. The highest BCUT2D eigenvalue weighted by molar-refractivity contribution is 7.98. The van der Waals surface area contributed by atoms with Gasteiger partial charge >= 0.3 is 0 Å². The van der Waals surface area contributed by atoms with Gasteiger partial charge in [-0.2, -0.15) is 11.8 Å². The van der Waals surface area contributed by atoms with E-state index in [9.17, 15) is 0 Å². The lowest BCUT2D eigenvalue weighted by atomic mass is 10.1. The molecule has 2 nitrogen and oxygen atoms in total. The molecule has 1 aliphatic carbocycles. The molecule has 0 amide bonds. The first-order valence-electron chi connectivity index (χ1n) is 5.35. The molecule has 1 heterocycles. The summed E-state index contributed by atoms with van der Waals surface area (Å²) in [5, 5.41) is 3.64. The molecule has 1 N–H and O–H groups in total. The fourth-order valence-electron chi connectivity index (χ4n) is 2.08. The number of nitrogens with one attached hydrogen (secondary N) is 1. The smallest absolute Gasteiger partial charge is 0.0223 e. The molecule has 2 fully saturated rings. The van der Waals surface area contributed by atoms with Crippen LogP contribution in [0.4, 0.5) is 0 Å². The van der Waals surface area contributed by atoms with Crippen LogP contribution in [-0.2, 0) is 0 Å². The molecule has 2 aliphatic rings. The number of rotatable bonds is 4. The minimum atomic E-state index is 0.815. The number of hydrogen-bond donors (Lipinski definition) is 1. The van der Waals surface area contributed by atoms with Crippen LogP contribution in [0.3, 0.4) is 0 Å². The second-order valence-corrected chi connectivity index (χ2v) is 5.18. The van der Waals surface area contributed by atoms with Crippen molar-refractivity contribution in [3.05, 3.63) is 0 Å². The van der Waals surface area contributed by atoms with Gasteiger partial charge in [-0.1, -0.05) is 0 Å². The van der Waals surface area contributed by atoms with E-state index in [1.807, 2.05) is 11.8 Å². The lowest BCUT2D eigenvalue weighted by molar-refractivity contribution is 0.198. The topological polar surface area (TPSA) is 15.3 Å². The van der Waals surface area contributed by atoms with Crippen LogP contribution >= 0.6 is 11.8 Å². The van der Waals surface area contributed by atoms with Crippen LogP contribution in [0.15, 0.2) is 0 Å². The maximum absolute atomic E-state index is 3.64. The zero-order valence-corrected chi connectivity index (χ0v) is 9.28. The SMILES string of the molecule is CSCCN1CCNC(C2CC2)C1. The van der Waals surface area contributed by atoms with E-state index in [0.29, 0.717) is 0 Å². The normalized spacial score (nSPS) is 30.7. The molecule has 2 rings (SSSR count). The molecule has 0 spiro atoms. The van der Waals surface area contributed by atoms with Crippen LogP contribution in [0.25, 0.3) is 0 Å². The molecular formula is C10H20N2S. The van der Waals surface area contributed by atoms with E-state index in [2.05, 4.69) is 16.5 Å². The third-order valence-electron chi connectivity index (χ3n) is 3.09. The van der Waals surface area contributed by atoms with Gasteiger partial charge in [0.25, 0.3) is 0 Å². The first-order valence-corrected chi connectivity index (χ1v) is 6.74. The molecular weight excluding hydrogens is 180 g/mol. The zero-order valence-electron chi connectivity index (χ0n) is 8.46. The van der Waals surface area contributed by atoms with Gasteiger partial charge in [0, 0.05) is 38.0 Å². The van der Waals surface area contributed by atoms with Crippen molar-refractivity contribution >= 4 is 11.8 Å². The van der Waals surface area contributed by atoms with Crippen molar-refractivity contribution in [2.75, 3.05) is 38.2 Å². The molecule has 1 saturated carbocycles. The van der Waals surface area contributed by atoms with Crippen LogP contribution in [-0.4, -0.2) is 49.1 Å². The minimum Gasteiger partial charge on any atom is -0.311 e. The van der Waals surface area contributed by atoms with Crippen LogP contribution < -0.4 is 5.32 Å². The molecule has 0 aromatic carbocycles. The second-order valence-electron chi connectivity index (χ2n) is 4.19. The van der Waals surface area contributed by atoms with Crippen molar-refractivity contribution in [3.63, 3.8) is 0 Å². The van der Waals surface area contributed by atoms with Crippen LogP contribution in [0, 0.1) is 5.92 Å². The third kappa shape index (κ3) is 2.86. The van der Waals surface area contributed by atoms with Gasteiger partial charge in [0.2, 0.25) is 0 Å². The van der Waals surface area contributed by atoms with E-state index in [1.54, 1.807) is 0 Å². The monoisotopic (exact) mass is 200 g/mol. The van der Waals surface area contributed by atoms with Gasteiger partial charge in [0.1, 0.15) is 0 Å². The summed E-state index contributed by atoms with van der Waals surface area (Å²) in [5.41, 5.74) is 0. The summed E-state index contributed by atoms with van der Waals surface area (Å²) in [6.45, 7) is 5.04. The van der Waals surface area contributed by atoms with Gasteiger partial charge in [-0.05, 0) is 25.0 Å². The van der Waals surface area contributed by atoms with Gasteiger partial charge < -0.3 is 5.32 Å². The minimum absolute atomic E-state index is 0.815. The Morgan fingerprint density at radius 3 is 3.00 bits per heavy atom. The molecule has 3 heteroatoms. The van der Waals surface area contributed by atoms with E-state index in [-0.39, 0.29) is 0 Å². The lowest BCUT2D eigenvalue weighted by Crippen LogP contribution is -2.52. The quantitative estimate of drug-likeness (QED) is 0.730. The first-order chi connectivity index (χ1) is 6.40. The second kappa shape index (κ2) is 4.67. The lowest BCUT2D eigenvalue weighted by Gasteiger charge is -2.33. The predicted molar refractivity (Wildman–Crippen MR) is 59.3 cm³/mol. The van der Waals surface area contributed by atoms with Gasteiger partial charge in [-0.15, -0.1) is 0 Å². The van der Waals surface area contributed by atoms with Gasteiger partial charge in [-0.25, -0.2) is 0 Å². The van der Waals surface area contributed by atoms with E-state index >= 15 is 0 Å². The highest BCUT2D eigenvalue weighted by atomic mass is 32.2. The summed E-state index contributed by atoms with van der Waals surface area (Å²) in [4.78, 5) is 2.62. The molecule has 1 unspecified atom stereocenters. The molecule has 76 valence electrons. The van der Waals surface area contributed by atoms with E-state index in [1.165, 1.54) is 44.8 Å².